The van der Waals surface area contributed by atoms with Crippen molar-refractivity contribution in [1.29, 1.82) is 0 Å². The highest BCUT2D eigenvalue weighted by atomic mass is 32.2. The summed E-state index contributed by atoms with van der Waals surface area (Å²) in [5.74, 6) is -0.237. The summed E-state index contributed by atoms with van der Waals surface area (Å²) in [5.41, 5.74) is 0.363. The van der Waals surface area contributed by atoms with Gasteiger partial charge in [0.05, 0.1) is 4.90 Å². The first kappa shape index (κ1) is 20.5. The van der Waals surface area contributed by atoms with Crippen LogP contribution in [0.4, 0.5) is 0 Å². The van der Waals surface area contributed by atoms with E-state index in [1.165, 1.54) is 17.0 Å². The number of carbonyl (C=O) groups is 2. The average Bonchev–Trinajstić information content (AvgIpc) is 3.20. The van der Waals surface area contributed by atoms with Gasteiger partial charge in [0.15, 0.2) is 9.84 Å². The van der Waals surface area contributed by atoms with Gasteiger partial charge in [-0.05, 0) is 48.9 Å². The third kappa shape index (κ3) is 5.20. The van der Waals surface area contributed by atoms with E-state index in [4.69, 9.17) is 0 Å². The second-order valence-electron chi connectivity index (χ2n) is 6.99. The van der Waals surface area contributed by atoms with Crippen molar-refractivity contribution in [2.75, 3.05) is 25.9 Å². The molecule has 0 atom stereocenters. The van der Waals surface area contributed by atoms with Gasteiger partial charge in [0.25, 0.3) is 5.91 Å². The maximum atomic E-state index is 12.7. The van der Waals surface area contributed by atoms with E-state index in [2.05, 4.69) is 11.4 Å². The minimum Gasteiger partial charge on any atom is -0.355 e. The van der Waals surface area contributed by atoms with E-state index in [9.17, 15) is 18.0 Å². The number of hydrogen-bond acceptors (Lipinski definition) is 5. The number of hydrogen-bond donors (Lipinski definition) is 1. The summed E-state index contributed by atoms with van der Waals surface area (Å²) in [6.45, 7) is 1.60. The second-order valence-corrected chi connectivity index (χ2v) is 10.0. The first-order valence-electron chi connectivity index (χ1n) is 9.24. The highest BCUT2D eigenvalue weighted by molar-refractivity contribution is 7.90. The molecule has 0 aliphatic carbocycles. The molecule has 1 aliphatic rings. The number of piperidine rings is 1. The molecule has 3 rings (SSSR count). The van der Waals surface area contributed by atoms with Crippen LogP contribution >= 0.6 is 11.3 Å². The predicted octanol–water partition coefficient (Wildman–Crippen LogP) is 2.36. The lowest BCUT2D eigenvalue weighted by atomic mass is 9.95. The Morgan fingerprint density at radius 2 is 1.93 bits per heavy atom. The van der Waals surface area contributed by atoms with Crippen molar-refractivity contribution in [3.8, 4) is 0 Å². The Morgan fingerprint density at radius 1 is 1.18 bits per heavy atom. The fourth-order valence-corrected chi connectivity index (χ4v) is 4.67. The van der Waals surface area contributed by atoms with Crippen molar-refractivity contribution >= 4 is 33.0 Å². The van der Waals surface area contributed by atoms with Crippen molar-refractivity contribution < 1.29 is 18.0 Å². The van der Waals surface area contributed by atoms with Crippen LogP contribution in [-0.2, 0) is 21.1 Å². The van der Waals surface area contributed by atoms with E-state index in [0.29, 0.717) is 38.0 Å². The molecule has 8 heteroatoms. The molecule has 1 aliphatic heterocycles. The van der Waals surface area contributed by atoms with Gasteiger partial charge in [-0.3, -0.25) is 9.59 Å². The molecule has 0 spiro atoms. The number of carbonyl (C=O) groups excluding carboxylic acids is 2. The van der Waals surface area contributed by atoms with Crippen molar-refractivity contribution in [2.45, 2.75) is 24.2 Å². The molecule has 1 saturated heterocycles. The van der Waals surface area contributed by atoms with Crippen LogP contribution in [-0.4, -0.2) is 51.0 Å². The molecule has 0 bridgehead atoms. The number of nitrogens with one attached hydrogen (secondary N) is 1. The number of thiophene rings is 1. The lowest BCUT2D eigenvalue weighted by molar-refractivity contribution is -0.126. The van der Waals surface area contributed by atoms with Crippen LogP contribution in [0.5, 0.6) is 0 Å². The molecule has 1 N–H and O–H groups in total. The van der Waals surface area contributed by atoms with Crippen molar-refractivity contribution in [1.82, 2.24) is 10.2 Å². The molecule has 2 heterocycles. The molecule has 0 radical (unpaired) electrons. The van der Waals surface area contributed by atoms with Gasteiger partial charge < -0.3 is 10.2 Å². The van der Waals surface area contributed by atoms with Crippen LogP contribution in [0, 0.1) is 5.92 Å². The molecule has 2 amide bonds. The third-order valence-corrected chi connectivity index (χ3v) is 6.96. The SMILES string of the molecule is CS(=O)(=O)c1cccc(C(=O)N2CCC(C(=O)NCCc3cccs3)CC2)c1. The molecular formula is C20H24N2O4S2. The van der Waals surface area contributed by atoms with Crippen LogP contribution in [0.15, 0.2) is 46.7 Å². The fraction of sp³-hybridized carbons (Fsp3) is 0.400. The van der Waals surface area contributed by atoms with Crippen molar-refractivity contribution in [3.05, 3.63) is 52.2 Å². The van der Waals surface area contributed by atoms with E-state index >= 15 is 0 Å². The number of nitrogens with zero attached hydrogens (tertiary/aromatic N) is 1. The smallest absolute Gasteiger partial charge is 0.253 e. The standard InChI is InChI=1S/C20H24N2O4S2/c1-28(25,26)18-6-2-4-16(14-18)20(24)22-11-8-15(9-12-22)19(23)21-10-7-17-5-3-13-27-17/h2-6,13-15H,7-12H2,1H3,(H,21,23). The first-order valence-corrected chi connectivity index (χ1v) is 12.0. The maximum Gasteiger partial charge on any atom is 0.253 e. The largest absolute Gasteiger partial charge is 0.355 e. The lowest BCUT2D eigenvalue weighted by Crippen LogP contribution is -2.43. The predicted molar refractivity (Wildman–Crippen MR) is 109 cm³/mol. The zero-order chi connectivity index (χ0) is 20.1. The molecule has 1 fully saturated rings. The van der Waals surface area contributed by atoms with E-state index < -0.39 is 9.84 Å². The van der Waals surface area contributed by atoms with Crippen LogP contribution in [0.25, 0.3) is 0 Å². The maximum absolute atomic E-state index is 12.7. The summed E-state index contributed by atoms with van der Waals surface area (Å²) >= 11 is 1.68. The molecule has 0 saturated carbocycles. The van der Waals surface area contributed by atoms with Crippen molar-refractivity contribution in [3.63, 3.8) is 0 Å². The Hall–Kier alpha value is -2.19. The zero-order valence-electron chi connectivity index (χ0n) is 15.8. The Morgan fingerprint density at radius 3 is 2.57 bits per heavy atom. The summed E-state index contributed by atoms with van der Waals surface area (Å²) in [4.78, 5) is 28.1. The monoisotopic (exact) mass is 420 g/mol. The highest BCUT2D eigenvalue weighted by Crippen LogP contribution is 2.20. The molecule has 1 aromatic carbocycles. The van der Waals surface area contributed by atoms with Crippen LogP contribution in [0.3, 0.4) is 0 Å². The summed E-state index contributed by atoms with van der Waals surface area (Å²) in [5, 5.41) is 5.01. The summed E-state index contributed by atoms with van der Waals surface area (Å²) in [7, 11) is -3.36. The minimum atomic E-state index is -3.36. The second kappa shape index (κ2) is 8.87. The summed E-state index contributed by atoms with van der Waals surface area (Å²) in [6, 6.07) is 10.2. The molecular weight excluding hydrogens is 396 g/mol. The van der Waals surface area contributed by atoms with E-state index in [-0.39, 0.29) is 22.6 Å². The Kier molecular flexibility index (Phi) is 6.51. The van der Waals surface area contributed by atoms with Gasteiger partial charge >= 0.3 is 0 Å². The lowest BCUT2D eigenvalue weighted by Gasteiger charge is -2.31. The minimum absolute atomic E-state index is 0.0442. The van der Waals surface area contributed by atoms with E-state index in [1.54, 1.807) is 28.4 Å². The Labute approximate surface area is 169 Å². The van der Waals surface area contributed by atoms with Crippen LogP contribution < -0.4 is 5.32 Å². The van der Waals surface area contributed by atoms with Crippen LogP contribution in [0.2, 0.25) is 0 Å². The van der Waals surface area contributed by atoms with E-state index in [0.717, 1.165) is 12.7 Å². The number of rotatable bonds is 6. The Bertz CT molecular complexity index is 931. The van der Waals surface area contributed by atoms with Gasteiger partial charge in [0.2, 0.25) is 5.91 Å². The van der Waals surface area contributed by atoms with Gasteiger partial charge in [-0.25, -0.2) is 8.42 Å². The van der Waals surface area contributed by atoms with Gasteiger partial charge in [0.1, 0.15) is 0 Å². The fourth-order valence-electron chi connectivity index (χ4n) is 3.30. The topological polar surface area (TPSA) is 83.6 Å². The number of sulfone groups is 1. The normalized spacial score (nSPS) is 15.4. The molecule has 0 unspecified atom stereocenters. The summed E-state index contributed by atoms with van der Waals surface area (Å²) < 4.78 is 23.4. The molecule has 2 aromatic rings. The van der Waals surface area contributed by atoms with Gasteiger partial charge in [-0.1, -0.05) is 12.1 Å². The number of amides is 2. The zero-order valence-corrected chi connectivity index (χ0v) is 17.4. The average molecular weight is 421 g/mol. The van der Waals surface area contributed by atoms with Crippen LogP contribution in [0.1, 0.15) is 28.1 Å². The highest BCUT2D eigenvalue weighted by Gasteiger charge is 2.28. The first-order chi connectivity index (χ1) is 13.3. The molecule has 1 aromatic heterocycles. The Balaban J connectivity index is 1.50. The van der Waals surface area contributed by atoms with Gasteiger partial charge in [-0.2, -0.15) is 0 Å². The summed E-state index contributed by atoms with van der Waals surface area (Å²) in [6.07, 6.45) is 3.18. The third-order valence-electron chi connectivity index (χ3n) is 4.91. The number of likely N-dealkylation sites (tertiary alicyclic amines) is 1. The molecule has 6 nitrogen and oxygen atoms in total. The molecule has 28 heavy (non-hydrogen) atoms. The van der Waals surface area contributed by atoms with E-state index in [1.807, 2.05) is 11.4 Å². The number of benzene rings is 1. The van der Waals surface area contributed by atoms with Gasteiger partial charge in [-0.15, -0.1) is 11.3 Å². The van der Waals surface area contributed by atoms with Gasteiger partial charge in [0, 0.05) is 42.2 Å². The molecule has 150 valence electrons. The quantitative estimate of drug-likeness (QED) is 0.778. The van der Waals surface area contributed by atoms with Crippen molar-refractivity contribution in [2.24, 2.45) is 5.92 Å².